The molecule has 4 amide bonds. The third kappa shape index (κ3) is 4.44. The molecular weight excluding hydrogens is 332 g/mol. The number of hydrogen-bond acceptors (Lipinski definition) is 4. The Hall–Kier alpha value is -3.22. The molecule has 7 nitrogen and oxygen atoms in total. The lowest BCUT2D eigenvalue weighted by molar-refractivity contribution is -0.130. The maximum atomic E-state index is 12.3. The summed E-state index contributed by atoms with van der Waals surface area (Å²) in [7, 11) is 0. The zero-order chi connectivity index (χ0) is 18.4. The van der Waals surface area contributed by atoms with Crippen molar-refractivity contribution in [3.8, 4) is 0 Å². The number of pyridine rings is 1. The van der Waals surface area contributed by atoms with Gasteiger partial charge in [0.1, 0.15) is 0 Å². The second-order valence-electron chi connectivity index (χ2n) is 6.04. The van der Waals surface area contributed by atoms with E-state index in [0.29, 0.717) is 6.54 Å². The molecule has 3 rings (SSSR count). The van der Waals surface area contributed by atoms with Crippen molar-refractivity contribution < 1.29 is 14.4 Å². The average Bonchev–Trinajstić information content (AvgIpc) is 2.67. The van der Waals surface area contributed by atoms with E-state index >= 15 is 0 Å². The molecular formula is C19H20N4O3. The lowest BCUT2D eigenvalue weighted by Crippen LogP contribution is -2.52. The highest BCUT2D eigenvalue weighted by atomic mass is 16.2. The van der Waals surface area contributed by atoms with Crippen LogP contribution in [0.25, 0.3) is 0 Å². The van der Waals surface area contributed by atoms with Gasteiger partial charge < -0.3 is 10.6 Å². The molecule has 0 bridgehead atoms. The van der Waals surface area contributed by atoms with Crippen molar-refractivity contribution >= 4 is 17.8 Å². The fourth-order valence-corrected chi connectivity index (χ4v) is 2.79. The summed E-state index contributed by atoms with van der Waals surface area (Å²) in [6, 6.07) is 12.2. The summed E-state index contributed by atoms with van der Waals surface area (Å²) < 4.78 is 0. The number of rotatable bonds is 6. The quantitative estimate of drug-likeness (QED) is 0.829. The van der Waals surface area contributed by atoms with Crippen LogP contribution in [0.1, 0.15) is 30.0 Å². The Balaban J connectivity index is 1.48. The molecule has 0 radical (unpaired) electrons. The first-order valence-corrected chi connectivity index (χ1v) is 8.45. The minimum Gasteiger partial charge on any atom is -0.352 e. The third-order valence-corrected chi connectivity index (χ3v) is 4.23. The molecule has 0 spiro atoms. The summed E-state index contributed by atoms with van der Waals surface area (Å²) in [4.78, 5) is 41.5. The molecule has 2 N–H and O–H groups in total. The minimum atomic E-state index is -0.461. The molecule has 0 aliphatic carbocycles. The Labute approximate surface area is 151 Å². The zero-order valence-corrected chi connectivity index (χ0v) is 14.2. The van der Waals surface area contributed by atoms with Crippen LogP contribution >= 0.6 is 0 Å². The van der Waals surface area contributed by atoms with Crippen molar-refractivity contribution in [3.63, 3.8) is 0 Å². The van der Waals surface area contributed by atoms with Crippen molar-refractivity contribution in [1.82, 2.24) is 20.5 Å². The molecule has 7 heteroatoms. The number of carbonyl (C=O) groups is 3. The van der Waals surface area contributed by atoms with Gasteiger partial charge in [0.2, 0.25) is 11.8 Å². The average molecular weight is 352 g/mol. The first kappa shape index (κ1) is 17.6. The molecule has 1 aliphatic heterocycles. The van der Waals surface area contributed by atoms with E-state index in [1.54, 1.807) is 12.4 Å². The third-order valence-electron chi connectivity index (χ3n) is 4.23. The molecule has 2 aromatic rings. The van der Waals surface area contributed by atoms with Gasteiger partial charge in [-0.3, -0.25) is 19.5 Å². The van der Waals surface area contributed by atoms with Crippen molar-refractivity contribution in [2.24, 2.45) is 0 Å². The first-order chi connectivity index (χ1) is 12.6. The van der Waals surface area contributed by atoms with Crippen molar-refractivity contribution in [2.45, 2.75) is 25.4 Å². The maximum Gasteiger partial charge on any atom is 0.324 e. The number of amides is 4. The molecule has 134 valence electrons. The second kappa shape index (κ2) is 8.24. The van der Waals surface area contributed by atoms with Gasteiger partial charge in [-0.05, 0) is 23.3 Å². The largest absolute Gasteiger partial charge is 0.352 e. The van der Waals surface area contributed by atoms with Crippen molar-refractivity contribution in [2.75, 3.05) is 6.54 Å². The number of nitrogens with one attached hydrogen (secondary N) is 2. The molecule has 2 heterocycles. The van der Waals surface area contributed by atoms with Crippen LogP contribution in [-0.4, -0.2) is 34.3 Å². The van der Waals surface area contributed by atoms with Gasteiger partial charge in [-0.2, -0.15) is 0 Å². The number of benzene rings is 1. The minimum absolute atomic E-state index is 0.0638. The lowest BCUT2D eigenvalue weighted by Gasteiger charge is -2.31. The van der Waals surface area contributed by atoms with E-state index in [1.165, 1.54) is 0 Å². The molecule has 1 aromatic heterocycles. The van der Waals surface area contributed by atoms with Crippen LogP contribution < -0.4 is 10.6 Å². The summed E-state index contributed by atoms with van der Waals surface area (Å²) in [5.41, 5.74) is 1.83. The van der Waals surface area contributed by atoms with Gasteiger partial charge in [0.25, 0.3) is 0 Å². The number of urea groups is 1. The normalized spacial score (nSPS) is 16.9. The standard InChI is InChI=1S/C19H20N4O3/c24-17(21-13-14-6-9-20-10-7-14)8-11-23-18(25)12-16(22-19(23)26)15-4-2-1-3-5-15/h1-7,9-10,16H,8,11-13H2,(H,21,24)(H,22,26). The van der Waals surface area contributed by atoms with E-state index in [-0.39, 0.29) is 37.2 Å². The molecule has 1 aromatic carbocycles. The number of nitrogens with zero attached hydrogens (tertiary/aromatic N) is 2. The highest BCUT2D eigenvalue weighted by Gasteiger charge is 2.32. The molecule has 1 unspecified atom stereocenters. The predicted molar refractivity (Wildman–Crippen MR) is 94.7 cm³/mol. The lowest BCUT2D eigenvalue weighted by atomic mass is 10.0. The van der Waals surface area contributed by atoms with Gasteiger partial charge >= 0.3 is 6.03 Å². The van der Waals surface area contributed by atoms with Crippen LogP contribution in [0.5, 0.6) is 0 Å². The van der Waals surface area contributed by atoms with E-state index in [2.05, 4.69) is 15.6 Å². The monoisotopic (exact) mass is 352 g/mol. The summed E-state index contributed by atoms with van der Waals surface area (Å²) in [5.74, 6) is -0.489. The molecule has 1 atom stereocenters. The number of hydrogen-bond donors (Lipinski definition) is 2. The Morgan fingerprint density at radius 1 is 1.15 bits per heavy atom. The first-order valence-electron chi connectivity index (χ1n) is 8.45. The van der Waals surface area contributed by atoms with Gasteiger partial charge in [0.15, 0.2) is 0 Å². The summed E-state index contributed by atoms with van der Waals surface area (Å²) >= 11 is 0. The van der Waals surface area contributed by atoms with Gasteiger partial charge in [-0.15, -0.1) is 0 Å². The van der Waals surface area contributed by atoms with Crippen LogP contribution in [0.3, 0.4) is 0 Å². The fourth-order valence-electron chi connectivity index (χ4n) is 2.79. The van der Waals surface area contributed by atoms with Gasteiger partial charge in [-0.25, -0.2) is 4.79 Å². The molecule has 1 saturated heterocycles. The van der Waals surface area contributed by atoms with Crippen molar-refractivity contribution in [1.29, 1.82) is 0 Å². The van der Waals surface area contributed by atoms with E-state index in [0.717, 1.165) is 16.0 Å². The van der Waals surface area contributed by atoms with Crippen LogP contribution in [-0.2, 0) is 16.1 Å². The van der Waals surface area contributed by atoms with Crippen LogP contribution in [0, 0.1) is 0 Å². The van der Waals surface area contributed by atoms with E-state index in [9.17, 15) is 14.4 Å². The van der Waals surface area contributed by atoms with Gasteiger partial charge in [-0.1, -0.05) is 30.3 Å². The topological polar surface area (TPSA) is 91.4 Å². The zero-order valence-electron chi connectivity index (χ0n) is 14.2. The Kier molecular flexibility index (Phi) is 5.58. The number of carbonyl (C=O) groups excluding carboxylic acids is 3. The molecule has 1 fully saturated rings. The van der Waals surface area contributed by atoms with E-state index in [4.69, 9.17) is 0 Å². The molecule has 0 saturated carbocycles. The molecule has 1 aliphatic rings. The number of aromatic nitrogens is 1. The SMILES string of the molecule is O=C(CCN1C(=O)CC(c2ccccc2)NC1=O)NCc1ccncc1. The van der Waals surface area contributed by atoms with Gasteiger partial charge in [0.05, 0.1) is 12.5 Å². The van der Waals surface area contributed by atoms with Crippen LogP contribution in [0.2, 0.25) is 0 Å². The Morgan fingerprint density at radius 3 is 2.58 bits per heavy atom. The van der Waals surface area contributed by atoms with Gasteiger partial charge in [0, 0.05) is 31.9 Å². The van der Waals surface area contributed by atoms with Crippen molar-refractivity contribution in [3.05, 3.63) is 66.0 Å². The summed E-state index contributed by atoms with van der Waals surface area (Å²) in [6.45, 7) is 0.450. The summed E-state index contributed by atoms with van der Waals surface area (Å²) in [6.07, 6.45) is 3.57. The fraction of sp³-hybridized carbons (Fsp3) is 0.263. The Bertz CT molecular complexity index is 762. The highest BCUT2D eigenvalue weighted by molar-refractivity contribution is 5.97. The maximum absolute atomic E-state index is 12.3. The molecule has 26 heavy (non-hydrogen) atoms. The summed E-state index contributed by atoms with van der Waals surface area (Å²) in [5, 5.41) is 5.59. The smallest absolute Gasteiger partial charge is 0.324 e. The number of imide groups is 1. The highest BCUT2D eigenvalue weighted by Crippen LogP contribution is 2.22. The second-order valence-corrected chi connectivity index (χ2v) is 6.04. The predicted octanol–water partition coefficient (Wildman–Crippen LogP) is 1.77. The van der Waals surface area contributed by atoms with Crippen LogP contribution in [0.4, 0.5) is 4.79 Å². The van der Waals surface area contributed by atoms with E-state index < -0.39 is 6.03 Å². The van der Waals surface area contributed by atoms with Crippen LogP contribution in [0.15, 0.2) is 54.9 Å². The Morgan fingerprint density at radius 2 is 1.88 bits per heavy atom. The van der Waals surface area contributed by atoms with E-state index in [1.807, 2.05) is 42.5 Å².